The summed E-state index contributed by atoms with van der Waals surface area (Å²) >= 11 is 7.33. The first-order valence-electron chi connectivity index (χ1n) is 8.76. The van der Waals surface area contributed by atoms with E-state index in [1.807, 2.05) is 29.9 Å². The maximum Gasteiger partial charge on any atom is 0.271 e. The third-order valence-electron chi connectivity index (χ3n) is 4.42. The Morgan fingerprint density at radius 3 is 2.55 bits per heavy atom. The number of carbonyl (C=O) groups is 1. The predicted octanol–water partition coefficient (Wildman–Crippen LogP) is 4.86. The lowest BCUT2D eigenvalue weighted by molar-refractivity contribution is 0.0937. The lowest BCUT2D eigenvalue weighted by Gasteiger charge is -2.18. The number of amides is 1. The van der Waals surface area contributed by atoms with E-state index >= 15 is 0 Å². The number of hydrogen-bond donors (Lipinski definition) is 1. The van der Waals surface area contributed by atoms with E-state index in [9.17, 15) is 9.18 Å². The van der Waals surface area contributed by atoms with Gasteiger partial charge in [-0.2, -0.15) is 0 Å². The number of nitrogens with zero attached hydrogens (tertiary/aromatic N) is 3. The van der Waals surface area contributed by atoms with Gasteiger partial charge in [-0.05, 0) is 42.0 Å². The smallest absolute Gasteiger partial charge is 0.271 e. The molecule has 0 saturated heterocycles. The van der Waals surface area contributed by atoms with Crippen molar-refractivity contribution >= 4 is 28.8 Å². The fourth-order valence-corrected chi connectivity index (χ4v) is 3.85. The highest BCUT2D eigenvalue weighted by Gasteiger charge is 2.23. The Labute approximate surface area is 175 Å². The molecule has 8 heteroatoms. The topological polar surface area (TPSA) is 59.8 Å². The second-order valence-electron chi connectivity index (χ2n) is 6.40. The normalized spacial score (nSPS) is 12.0. The Bertz CT molecular complexity index is 1140. The summed E-state index contributed by atoms with van der Waals surface area (Å²) in [6.45, 7) is 0. The molecule has 4 rings (SSSR count). The number of halogens is 2. The van der Waals surface area contributed by atoms with Crippen molar-refractivity contribution in [1.82, 2.24) is 19.9 Å². The minimum atomic E-state index is -0.462. The average Bonchev–Trinajstić information content (AvgIpc) is 3.37. The van der Waals surface area contributed by atoms with E-state index in [2.05, 4.69) is 15.3 Å². The number of aromatic nitrogens is 3. The number of carbonyl (C=O) groups excluding carboxylic acids is 1. The van der Waals surface area contributed by atoms with Gasteiger partial charge in [0.15, 0.2) is 0 Å². The second kappa shape index (κ2) is 8.14. The van der Waals surface area contributed by atoms with Crippen molar-refractivity contribution in [2.45, 2.75) is 6.04 Å². The fraction of sp³-hybridized carbons (Fsp3) is 0.0952. The zero-order valence-corrected chi connectivity index (χ0v) is 16.9. The molecule has 0 unspecified atom stereocenters. The maximum atomic E-state index is 13.1. The summed E-state index contributed by atoms with van der Waals surface area (Å²) in [5.74, 6) is 0.0522. The summed E-state index contributed by atoms with van der Waals surface area (Å²) in [4.78, 5) is 21.7. The van der Waals surface area contributed by atoms with E-state index in [1.165, 1.54) is 23.5 Å². The molecular weight excluding hydrogens is 411 g/mol. The largest absolute Gasteiger partial charge is 0.337 e. The molecule has 1 atom stereocenters. The van der Waals surface area contributed by atoms with Crippen LogP contribution >= 0.6 is 22.9 Å². The molecule has 5 nitrogen and oxygen atoms in total. The predicted molar refractivity (Wildman–Crippen MR) is 111 cm³/mol. The molecule has 1 amide bonds. The van der Waals surface area contributed by atoms with Crippen LogP contribution in [0.2, 0.25) is 5.02 Å². The number of rotatable bonds is 5. The van der Waals surface area contributed by atoms with Crippen LogP contribution in [-0.4, -0.2) is 20.4 Å². The van der Waals surface area contributed by atoms with Crippen LogP contribution in [0.4, 0.5) is 4.39 Å². The van der Waals surface area contributed by atoms with E-state index in [1.54, 1.807) is 35.8 Å². The van der Waals surface area contributed by atoms with E-state index in [0.717, 1.165) is 11.1 Å². The van der Waals surface area contributed by atoms with Crippen molar-refractivity contribution in [3.63, 3.8) is 0 Å². The summed E-state index contributed by atoms with van der Waals surface area (Å²) < 4.78 is 15.0. The van der Waals surface area contributed by atoms with E-state index in [-0.39, 0.29) is 11.7 Å². The molecule has 0 fully saturated rings. The molecular formula is C21H16ClFN4OS. The Morgan fingerprint density at radius 1 is 1.17 bits per heavy atom. The van der Waals surface area contributed by atoms with Gasteiger partial charge in [0, 0.05) is 35.4 Å². The molecule has 0 bridgehead atoms. The van der Waals surface area contributed by atoms with Gasteiger partial charge in [0.2, 0.25) is 0 Å². The molecule has 0 aliphatic rings. The zero-order valence-electron chi connectivity index (χ0n) is 15.3. The van der Waals surface area contributed by atoms with Gasteiger partial charge in [0.05, 0.1) is 0 Å². The van der Waals surface area contributed by atoms with Gasteiger partial charge in [0.1, 0.15) is 28.4 Å². The van der Waals surface area contributed by atoms with Crippen molar-refractivity contribution in [1.29, 1.82) is 0 Å². The van der Waals surface area contributed by atoms with Crippen LogP contribution in [0, 0.1) is 5.82 Å². The molecule has 2 heterocycles. The first-order valence-corrected chi connectivity index (χ1v) is 10.0. The molecule has 0 radical (unpaired) electrons. The summed E-state index contributed by atoms with van der Waals surface area (Å²) in [5.41, 5.74) is 1.90. The molecule has 0 aliphatic carbocycles. The molecule has 0 aliphatic heterocycles. The Morgan fingerprint density at radius 2 is 1.90 bits per heavy atom. The van der Waals surface area contributed by atoms with Crippen molar-refractivity contribution in [3.05, 3.63) is 94.2 Å². The molecule has 2 aromatic carbocycles. The second-order valence-corrected chi connectivity index (χ2v) is 7.69. The standard InChI is InChI=1S/C21H16ClFN4OS/c1-27-11-10-24-19(27)18(13-2-6-15(22)7-3-13)26-20(28)17-12-29-21(25-17)14-4-8-16(23)9-5-14/h2-12,18H,1H3,(H,26,28)/t18-/m1/s1. The number of nitrogens with one attached hydrogen (secondary N) is 1. The van der Waals surface area contributed by atoms with E-state index < -0.39 is 6.04 Å². The van der Waals surface area contributed by atoms with E-state index in [4.69, 9.17) is 11.6 Å². The lowest BCUT2D eigenvalue weighted by Crippen LogP contribution is -2.31. The number of hydrogen-bond acceptors (Lipinski definition) is 4. The summed E-state index contributed by atoms with van der Waals surface area (Å²) in [6.07, 6.45) is 3.50. The number of thiazole rings is 1. The summed E-state index contributed by atoms with van der Waals surface area (Å²) in [5, 5.41) is 5.95. The highest BCUT2D eigenvalue weighted by molar-refractivity contribution is 7.13. The van der Waals surface area contributed by atoms with Crippen LogP contribution in [0.5, 0.6) is 0 Å². The maximum absolute atomic E-state index is 13.1. The SMILES string of the molecule is Cn1ccnc1[C@H](NC(=O)c1csc(-c2ccc(F)cc2)n1)c1ccc(Cl)cc1. The van der Waals surface area contributed by atoms with Crippen LogP contribution in [0.3, 0.4) is 0 Å². The fourth-order valence-electron chi connectivity index (χ4n) is 2.92. The summed E-state index contributed by atoms with van der Waals surface area (Å²) in [6, 6.07) is 12.8. The van der Waals surface area contributed by atoms with E-state index in [0.29, 0.717) is 21.5 Å². The van der Waals surface area contributed by atoms with Crippen LogP contribution < -0.4 is 5.32 Å². The monoisotopic (exact) mass is 426 g/mol. The van der Waals surface area contributed by atoms with Gasteiger partial charge < -0.3 is 9.88 Å². The molecule has 4 aromatic rings. The molecule has 1 N–H and O–H groups in total. The highest BCUT2D eigenvalue weighted by Crippen LogP contribution is 2.26. The Hall–Kier alpha value is -3.03. The molecule has 2 aromatic heterocycles. The third-order valence-corrected chi connectivity index (χ3v) is 5.57. The van der Waals surface area contributed by atoms with Crippen LogP contribution in [0.25, 0.3) is 10.6 Å². The molecule has 29 heavy (non-hydrogen) atoms. The minimum absolute atomic E-state index is 0.294. The van der Waals surface area contributed by atoms with Gasteiger partial charge in [-0.25, -0.2) is 14.4 Å². The molecule has 0 saturated carbocycles. The van der Waals surface area contributed by atoms with Crippen LogP contribution in [0.15, 0.2) is 66.3 Å². The quantitative estimate of drug-likeness (QED) is 0.496. The average molecular weight is 427 g/mol. The number of benzene rings is 2. The molecule has 146 valence electrons. The van der Waals surface area contributed by atoms with Crippen LogP contribution in [0.1, 0.15) is 27.9 Å². The van der Waals surface area contributed by atoms with Crippen molar-refractivity contribution in [2.75, 3.05) is 0 Å². The highest BCUT2D eigenvalue weighted by atomic mass is 35.5. The third kappa shape index (κ3) is 4.21. The van der Waals surface area contributed by atoms with Gasteiger partial charge >= 0.3 is 0 Å². The first kappa shape index (κ1) is 19.3. The van der Waals surface area contributed by atoms with Gasteiger partial charge in [-0.15, -0.1) is 11.3 Å². The van der Waals surface area contributed by atoms with Gasteiger partial charge in [0.25, 0.3) is 5.91 Å². The Balaban J connectivity index is 1.61. The van der Waals surface area contributed by atoms with Crippen LogP contribution in [-0.2, 0) is 7.05 Å². The lowest BCUT2D eigenvalue weighted by atomic mass is 10.1. The number of aryl methyl sites for hydroxylation is 1. The van der Waals surface area contributed by atoms with Crippen molar-refractivity contribution in [3.8, 4) is 10.6 Å². The van der Waals surface area contributed by atoms with Gasteiger partial charge in [-0.3, -0.25) is 4.79 Å². The van der Waals surface area contributed by atoms with Gasteiger partial charge in [-0.1, -0.05) is 23.7 Å². The number of imidazole rings is 1. The Kier molecular flexibility index (Phi) is 5.42. The van der Waals surface area contributed by atoms with Crippen molar-refractivity contribution in [2.24, 2.45) is 7.05 Å². The first-order chi connectivity index (χ1) is 14.0. The molecule has 0 spiro atoms. The minimum Gasteiger partial charge on any atom is -0.337 e. The van der Waals surface area contributed by atoms with Crippen molar-refractivity contribution < 1.29 is 9.18 Å². The zero-order chi connectivity index (χ0) is 20.4. The summed E-state index contributed by atoms with van der Waals surface area (Å²) in [7, 11) is 1.87.